The number of amides is 4. The van der Waals surface area contributed by atoms with E-state index in [0.29, 0.717) is 29.3 Å². The van der Waals surface area contributed by atoms with Gasteiger partial charge in [-0.15, -0.1) is 0 Å². The lowest BCUT2D eigenvalue weighted by atomic mass is 9.98. The number of likely N-dealkylation sites (tertiary alicyclic amines) is 1. The summed E-state index contributed by atoms with van der Waals surface area (Å²) in [6.07, 6.45) is 3.27. The molecule has 2 saturated heterocycles. The van der Waals surface area contributed by atoms with Crippen LogP contribution < -0.4 is 15.4 Å². The molecular formula is C27H27N5O5. The van der Waals surface area contributed by atoms with Gasteiger partial charge in [-0.3, -0.25) is 14.9 Å². The van der Waals surface area contributed by atoms with E-state index in [1.807, 2.05) is 18.2 Å². The van der Waals surface area contributed by atoms with E-state index in [1.54, 1.807) is 24.3 Å². The molecule has 190 valence electrons. The zero-order valence-electron chi connectivity index (χ0n) is 20.4. The second-order valence-electron chi connectivity index (χ2n) is 9.30. The Morgan fingerprint density at radius 2 is 1.86 bits per heavy atom. The van der Waals surface area contributed by atoms with Gasteiger partial charge in [0.15, 0.2) is 5.84 Å². The summed E-state index contributed by atoms with van der Waals surface area (Å²) in [5.41, 5.74) is 1.08. The lowest BCUT2D eigenvalue weighted by molar-refractivity contribution is -0.122. The van der Waals surface area contributed by atoms with E-state index in [4.69, 9.17) is 4.74 Å². The van der Waals surface area contributed by atoms with Crippen molar-refractivity contribution in [2.24, 2.45) is 5.16 Å². The van der Waals surface area contributed by atoms with Gasteiger partial charge in [-0.25, -0.2) is 4.79 Å². The zero-order chi connectivity index (χ0) is 26.0. The van der Waals surface area contributed by atoms with Crippen molar-refractivity contribution in [1.29, 1.82) is 0 Å². The molecule has 0 aliphatic carbocycles. The molecule has 0 bridgehead atoms. The number of urea groups is 1. The number of oxime groups is 1. The first kappa shape index (κ1) is 24.2. The minimum Gasteiger partial charge on any atom is -0.497 e. The van der Waals surface area contributed by atoms with Crippen LogP contribution in [-0.2, 0) is 11.3 Å². The Bertz CT molecular complexity index is 1340. The maximum Gasteiger partial charge on any atom is 0.323 e. The Labute approximate surface area is 214 Å². The number of nitrogens with one attached hydrogen (secondary N) is 2. The molecule has 3 N–H and O–H groups in total. The predicted molar refractivity (Wildman–Crippen MR) is 134 cm³/mol. The second kappa shape index (κ2) is 9.85. The van der Waals surface area contributed by atoms with Crippen LogP contribution in [0.15, 0.2) is 47.6 Å². The van der Waals surface area contributed by atoms with E-state index >= 15 is 0 Å². The quantitative estimate of drug-likeness (QED) is 0.147. The summed E-state index contributed by atoms with van der Waals surface area (Å²) in [4.78, 5) is 41.5. The van der Waals surface area contributed by atoms with Gasteiger partial charge < -0.3 is 25.1 Å². The first-order valence-corrected chi connectivity index (χ1v) is 12.1. The molecule has 10 heteroatoms. The molecule has 10 nitrogen and oxygen atoms in total. The van der Waals surface area contributed by atoms with Crippen LogP contribution in [0.3, 0.4) is 0 Å². The number of hydrogen-bond donors (Lipinski definition) is 3. The minimum atomic E-state index is -1.59. The molecule has 5 rings (SSSR count). The van der Waals surface area contributed by atoms with Gasteiger partial charge in [0.1, 0.15) is 5.75 Å². The van der Waals surface area contributed by atoms with Gasteiger partial charge in [-0.1, -0.05) is 23.1 Å². The number of imide groups is 1. The largest absolute Gasteiger partial charge is 0.497 e. The molecule has 2 aromatic carbocycles. The van der Waals surface area contributed by atoms with Crippen molar-refractivity contribution in [2.45, 2.75) is 31.3 Å². The van der Waals surface area contributed by atoms with Crippen molar-refractivity contribution in [3.63, 3.8) is 0 Å². The van der Waals surface area contributed by atoms with Crippen LogP contribution in [0, 0.1) is 11.8 Å². The van der Waals surface area contributed by atoms with Crippen molar-refractivity contribution >= 4 is 23.7 Å². The van der Waals surface area contributed by atoms with Crippen molar-refractivity contribution in [3.8, 4) is 17.6 Å². The van der Waals surface area contributed by atoms with E-state index in [0.717, 1.165) is 37.1 Å². The summed E-state index contributed by atoms with van der Waals surface area (Å²) in [6, 6.07) is 11.7. The minimum absolute atomic E-state index is 0.109. The molecule has 0 spiro atoms. The van der Waals surface area contributed by atoms with Crippen molar-refractivity contribution in [1.82, 2.24) is 20.4 Å². The van der Waals surface area contributed by atoms with Crippen molar-refractivity contribution in [3.05, 3.63) is 64.7 Å². The number of amidine groups is 1. The van der Waals surface area contributed by atoms with Crippen molar-refractivity contribution in [2.75, 3.05) is 26.7 Å². The maximum absolute atomic E-state index is 13.1. The van der Waals surface area contributed by atoms with E-state index in [2.05, 4.69) is 32.5 Å². The van der Waals surface area contributed by atoms with Crippen molar-refractivity contribution < 1.29 is 24.3 Å². The monoisotopic (exact) mass is 501 g/mol. The molecule has 2 aromatic rings. The fourth-order valence-electron chi connectivity index (χ4n) is 4.90. The number of fused-ring (bicyclic) bond motifs is 1. The average Bonchev–Trinajstić information content (AvgIpc) is 3.38. The molecule has 3 aliphatic heterocycles. The Kier molecular flexibility index (Phi) is 6.44. The highest BCUT2D eigenvalue weighted by Gasteiger charge is 2.48. The highest BCUT2D eigenvalue weighted by molar-refractivity contribution is 6.10. The Balaban J connectivity index is 1.37. The number of carbonyl (C=O) groups excluding carboxylic acids is 3. The first-order chi connectivity index (χ1) is 17.9. The average molecular weight is 502 g/mol. The number of carbonyl (C=O) groups is 3. The number of rotatable bonds is 4. The van der Waals surface area contributed by atoms with Gasteiger partial charge in [0.2, 0.25) is 5.54 Å². The molecule has 1 atom stereocenters. The number of hydrogen-bond acceptors (Lipinski definition) is 6. The van der Waals surface area contributed by atoms with E-state index in [-0.39, 0.29) is 12.5 Å². The third-order valence-corrected chi connectivity index (χ3v) is 6.88. The number of nitrogens with zero attached hydrogens (tertiary/aromatic N) is 3. The third kappa shape index (κ3) is 4.68. The molecule has 37 heavy (non-hydrogen) atoms. The van der Waals surface area contributed by atoms with Gasteiger partial charge in [0, 0.05) is 36.3 Å². The summed E-state index contributed by atoms with van der Waals surface area (Å²) >= 11 is 0. The maximum atomic E-state index is 13.1. The smallest absolute Gasteiger partial charge is 0.323 e. The van der Waals surface area contributed by atoms with Crippen LogP contribution in [0.2, 0.25) is 0 Å². The lowest BCUT2D eigenvalue weighted by Gasteiger charge is -2.28. The fourth-order valence-corrected chi connectivity index (χ4v) is 4.90. The summed E-state index contributed by atoms with van der Waals surface area (Å²) in [5, 5.41) is 17.9. The van der Waals surface area contributed by atoms with Crippen LogP contribution in [0.1, 0.15) is 46.3 Å². The molecule has 0 radical (unpaired) electrons. The van der Waals surface area contributed by atoms with E-state index in [9.17, 15) is 19.6 Å². The summed E-state index contributed by atoms with van der Waals surface area (Å²) in [6.45, 7) is 1.86. The Morgan fingerprint density at radius 3 is 2.51 bits per heavy atom. The SMILES string of the molecule is COc1ccc2c(c1)C(=O)N(C[C@@]1(C#Cc3ccc(C(=NO)N4CCCCC4)cc3)NC(=O)NC1=O)C2. The Morgan fingerprint density at radius 1 is 1.11 bits per heavy atom. The normalized spacial score (nSPS) is 21.2. The van der Waals surface area contributed by atoms with Crippen LogP contribution in [0.25, 0.3) is 0 Å². The number of piperidine rings is 1. The molecular weight excluding hydrogens is 474 g/mol. The van der Waals surface area contributed by atoms with E-state index in [1.165, 1.54) is 18.4 Å². The van der Waals surface area contributed by atoms with Gasteiger partial charge in [0.25, 0.3) is 11.8 Å². The van der Waals surface area contributed by atoms with Gasteiger partial charge in [-0.2, -0.15) is 0 Å². The molecule has 0 saturated carbocycles. The van der Waals surface area contributed by atoms with Gasteiger partial charge >= 0.3 is 6.03 Å². The second-order valence-corrected chi connectivity index (χ2v) is 9.30. The topological polar surface area (TPSA) is 124 Å². The molecule has 2 fully saturated rings. The summed E-state index contributed by atoms with van der Waals surface area (Å²) in [7, 11) is 1.53. The van der Waals surface area contributed by atoms with Crippen LogP contribution >= 0.6 is 0 Å². The molecule has 0 aromatic heterocycles. The molecule has 3 aliphatic rings. The highest BCUT2D eigenvalue weighted by atomic mass is 16.5. The highest BCUT2D eigenvalue weighted by Crippen LogP contribution is 2.28. The van der Waals surface area contributed by atoms with Gasteiger partial charge in [-0.05, 0) is 61.2 Å². The summed E-state index contributed by atoms with van der Waals surface area (Å²) in [5.74, 6) is 6.09. The fraction of sp³-hybridized carbons (Fsp3) is 0.333. The number of ether oxygens (including phenoxy) is 1. The van der Waals surface area contributed by atoms with E-state index < -0.39 is 17.5 Å². The molecule has 0 unspecified atom stereocenters. The standard InChI is InChI=1S/C27H27N5O5/c1-37-21-10-9-20-16-32(24(33)22(20)15-21)17-27(25(34)28-26(35)29-27)12-11-18-5-7-19(8-6-18)23(30-36)31-13-3-2-4-14-31/h5-10,15,36H,2-4,13-14,16-17H2,1H3,(H2,28,29,34,35)/t27-/m1/s1. The first-order valence-electron chi connectivity index (χ1n) is 12.1. The summed E-state index contributed by atoms with van der Waals surface area (Å²) < 4.78 is 5.22. The lowest BCUT2D eigenvalue weighted by Crippen LogP contribution is -2.54. The zero-order valence-corrected chi connectivity index (χ0v) is 20.4. The predicted octanol–water partition coefficient (Wildman–Crippen LogP) is 1.90. The third-order valence-electron chi connectivity index (χ3n) is 6.88. The Hall–Kier alpha value is -4.52. The molecule has 4 amide bonds. The van der Waals surface area contributed by atoms with Crippen LogP contribution in [-0.4, -0.2) is 71.0 Å². The van der Waals surface area contributed by atoms with Gasteiger partial charge in [0.05, 0.1) is 13.7 Å². The number of methoxy groups -OCH3 is 1. The number of benzene rings is 2. The van der Waals surface area contributed by atoms with Crippen LogP contribution in [0.5, 0.6) is 5.75 Å². The van der Waals surface area contributed by atoms with Crippen LogP contribution in [0.4, 0.5) is 4.79 Å². The molecule has 3 heterocycles.